The zero-order valence-electron chi connectivity index (χ0n) is 15.0. The summed E-state index contributed by atoms with van der Waals surface area (Å²) in [5.41, 5.74) is 5.61. The molecule has 3 aromatic rings. The van der Waals surface area contributed by atoms with E-state index in [4.69, 9.17) is 4.42 Å². The Morgan fingerprint density at radius 1 is 0.929 bits per heavy atom. The molecule has 8 heteroatoms. The normalized spacial score (nSPS) is 11.0. The van der Waals surface area contributed by atoms with Crippen LogP contribution in [0.15, 0.2) is 76.2 Å². The van der Waals surface area contributed by atoms with Crippen LogP contribution in [0.5, 0.6) is 0 Å². The lowest BCUT2D eigenvalue weighted by Gasteiger charge is -2.09. The molecule has 0 bridgehead atoms. The Morgan fingerprint density at radius 3 is 2.32 bits per heavy atom. The van der Waals surface area contributed by atoms with Gasteiger partial charge in [0.15, 0.2) is 9.84 Å². The Balaban J connectivity index is 1.68. The van der Waals surface area contributed by atoms with Gasteiger partial charge in [-0.1, -0.05) is 30.3 Å². The summed E-state index contributed by atoms with van der Waals surface area (Å²) in [7, 11) is -3.53. The topological polar surface area (TPSA) is 105 Å². The summed E-state index contributed by atoms with van der Waals surface area (Å²) in [6, 6.07) is 15.8. The van der Waals surface area contributed by atoms with Gasteiger partial charge in [0, 0.05) is 5.56 Å². The molecule has 0 fully saturated rings. The van der Waals surface area contributed by atoms with Gasteiger partial charge >= 0.3 is 0 Å². The highest BCUT2D eigenvalue weighted by Gasteiger charge is 2.17. The Morgan fingerprint density at radius 2 is 1.64 bits per heavy atom. The molecule has 2 amide bonds. The zero-order valence-corrected chi connectivity index (χ0v) is 15.8. The van der Waals surface area contributed by atoms with Crippen molar-refractivity contribution in [1.82, 2.24) is 10.9 Å². The average molecular weight is 398 g/mol. The van der Waals surface area contributed by atoms with Crippen LogP contribution in [0.3, 0.4) is 0 Å². The third-order valence-corrected chi connectivity index (χ3v) is 5.74. The monoisotopic (exact) mass is 398 g/mol. The molecule has 0 saturated carbocycles. The van der Waals surface area contributed by atoms with Crippen LogP contribution in [0.2, 0.25) is 0 Å². The van der Waals surface area contributed by atoms with Crippen molar-refractivity contribution in [2.24, 2.45) is 0 Å². The van der Waals surface area contributed by atoms with Crippen molar-refractivity contribution >= 4 is 21.7 Å². The van der Waals surface area contributed by atoms with Crippen molar-refractivity contribution in [2.45, 2.75) is 17.6 Å². The van der Waals surface area contributed by atoms with E-state index in [2.05, 4.69) is 10.9 Å². The van der Waals surface area contributed by atoms with Crippen molar-refractivity contribution in [3.63, 3.8) is 0 Å². The molecule has 0 spiro atoms. The molecule has 144 valence electrons. The number of hydrogen-bond donors (Lipinski definition) is 2. The standard InChI is InChI=1S/C20H18N2O5S/c1-14-18(10-11-27-14)20(24)22-21-19(23)16-7-5-6-15(12-16)13-28(25,26)17-8-3-2-4-9-17/h2-12H,13H2,1H3,(H,21,23)(H,22,24). The van der Waals surface area contributed by atoms with Crippen LogP contribution in [0.1, 0.15) is 32.0 Å². The highest BCUT2D eigenvalue weighted by atomic mass is 32.2. The number of hydrogen-bond acceptors (Lipinski definition) is 5. The van der Waals surface area contributed by atoms with Crippen LogP contribution in [0.4, 0.5) is 0 Å². The molecule has 2 aromatic carbocycles. The summed E-state index contributed by atoms with van der Waals surface area (Å²) in [5, 5.41) is 0. The van der Waals surface area contributed by atoms with Crippen molar-refractivity contribution in [2.75, 3.05) is 0 Å². The molecule has 0 aliphatic rings. The molecule has 7 nitrogen and oxygen atoms in total. The summed E-state index contributed by atoms with van der Waals surface area (Å²) in [5.74, 6) is -0.880. The van der Waals surface area contributed by atoms with E-state index in [1.807, 2.05) is 0 Å². The van der Waals surface area contributed by atoms with E-state index in [1.165, 1.54) is 36.6 Å². The molecule has 1 aromatic heterocycles. The first-order valence-corrected chi connectivity index (χ1v) is 10.0. The molecule has 0 unspecified atom stereocenters. The maximum atomic E-state index is 12.5. The third-order valence-electron chi connectivity index (χ3n) is 4.04. The highest BCUT2D eigenvalue weighted by molar-refractivity contribution is 7.90. The van der Waals surface area contributed by atoms with Crippen LogP contribution in [-0.4, -0.2) is 20.2 Å². The first-order chi connectivity index (χ1) is 13.4. The summed E-state index contributed by atoms with van der Waals surface area (Å²) in [4.78, 5) is 24.5. The third kappa shape index (κ3) is 4.47. The van der Waals surface area contributed by atoms with Gasteiger partial charge in [-0.05, 0) is 42.8 Å². The van der Waals surface area contributed by atoms with Crippen LogP contribution in [-0.2, 0) is 15.6 Å². The second-order valence-electron chi connectivity index (χ2n) is 6.07. The lowest BCUT2D eigenvalue weighted by atomic mass is 10.1. The molecule has 0 atom stereocenters. The predicted molar refractivity (Wildman–Crippen MR) is 102 cm³/mol. The summed E-state index contributed by atoms with van der Waals surface area (Å²) in [6.07, 6.45) is 1.38. The van der Waals surface area contributed by atoms with E-state index >= 15 is 0 Å². The van der Waals surface area contributed by atoms with Gasteiger partial charge in [0.05, 0.1) is 22.5 Å². The number of benzene rings is 2. The number of amides is 2. The molecule has 0 radical (unpaired) electrons. The number of rotatable bonds is 5. The van der Waals surface area contributed by atoms with Gasteiger partial charge < -0.3 is 4.42 Å². The van der Waals surface area contributed by atoms with Gasteiger partial charge in [0.25, 0.3) is 11.8 Å². The summed E-state index contributed by atoms with van der Waals surface area (Å²) < 4.78 is 30.0. The van der Waals surface area contributed by atoms with E-state index in [1.54, 1.807) is 37.3 Å². The smallest absolute Gasteiger partial charge is 0.273 e. The van der Waals surface area contributed by atoms with Gasteiger partial charge in [-0.2, -0.15) is 0 Å². The number of aryl methyl sites for hydroxylation is 1. The lowest BCUT2D eigenvalue weighted by Crippen LogP contribution is -2.41. The lowest BCUT2D eigenvalue weighted by molar-refractivity contribution is 0.0845. The first-order valence-electron chi connectivity index (χ1n) is 8.38. The molecule has 2 N–H and O–H groups in total. The summed E-state index contributed by atoms with van der Waals surface area (Å²) in [6.45, 7) is 1.63. The van der Waals surface area contributed by atoms with Gasteiger partial charge in [-0.25, -0.2) is 8.42 Å². The van der Waals surface area contributed by atoms with Crippen LogP contribution >= 0.6 is 0 Å². The van der Waals surface area contributed by atoms with Gasteiger partial charge in [0.2, 0.25) is 0 Å². The molecule has 0 saturated heterocycles. The molecule has 28 heavy (non-hydrogen) atoms. The van der Waals surface area contributed by atoms with E-state index in [9.17, 15) is 18.0 Å². The predicted octanol–water partition coefficient (Wildman–Crippen LogP) is 2.64. The fourth-order valence-electron chi connectivity index (χ4n) is 2.61. The number of carbonyl (C=O) groups excluding carboxylic acids is 2. The average Bonchev–Trinajstić information content (AvgIpc) is 3.12. The minimum absolute atomic E-state index is 0.215. The maximum Gasteiger partial charge on any atom is 0.273 e. The largest absolute Gasteiger partial charge is 0.469 e. The van der Waals surface area contributed by atoms with Gasteiger partial charge in [0.1, 0.15) is 5.76 Å². The molecule has 3 rings (SSSR count). The fourth-order valence-corrected chi connectivity index (χ4v) is 3.96. The zero-order chi connectivity index (χ0) is 20.1. The minimum atomic E-state index is -3.53. The Labute approximate surface area is 162 Å². The first kappa shape index (κ1) is 19.4. The summed E-state index contributed by atoms with van der Waals surface area (Å²) >= 11 is 0. The van der Waals surface area contributed by atoms with Crippen LogP contribution in [0, 0.1) is 6.92 Å². The molecule has 0 aliphatic carbocycles. The number of nitrogens with one attached hydrogen (secondary N) is 2. The molecular formula is C20H18N2O5S. The Bertz CT molecular complexity index is 1100. The van der Waals surface area contributed by atoms with E-state index in [0.29, 0.717) is 16.9 Å². The molecule has 1 heterocycles. The second kappa shape index (κ2) is 8.10. The molecule has 0 aliphatic heterocycles. The maximum absolute atomic E-state index is 12.5. The van der Waals surface area contributed by atoms with Gasteiger partial charge in [-0.3, -0.25) is 20.4 Å². The number of furan rings is 1. The quantitative estimate of drug-likeness (QED) is 0.643. The van der Waals surface area contributed by atoms with E-state index in [0.717, 1.165) is 0 Å². The van der Waals surface area contributed by atoms with Crippen molar-refractivity contribution in [1.29, 1.82) is 0 Å². The minimum Gasteiger partial charge on any atom is -0.469 e. The molecular weight excluding hydrogens is 380 g/mol. The number of carbonyl (C=O) groups is 2. The van der Waals surface area contributed by atoms with Gasteiger partial charge in [-0.15, -0.1) is 0 Å². The van der Waals surface area contributed by atoms with Crippen molar-refractivity contribution < 1.29 is 22.4 Å². The second-order valence-corrected chi connectivity index (χ2v) is 8.06. The van der Waals surface area contributed by atoms with E-state index < -0.39 is 21.7 Å². The number of hydrazine groups is 1. The van der Waals surface area contributed by atoms with Crippen molar-refractivity contribution in [3.05, 3.63) is 89.4 Å². The SMILES string of the molecule is Cc1occc1C(=O)NNC(=O)c1cccc(CS(=O)(=O)c2ccccc2)c1. The highest BCUT2D eigenvalue weighted by Crippen LogP contribution is 2.17. The van der Waals surface area contributed by atoms with Crippen LogP contribution in [0.25, 0.3) is 0 Å². The number of sulfone groups is 1. The van der Waals surface area contributed by atoms with E-state index in [-0.39, 0.29) is 16.2 Å². The Hall–Kier alpha value is -3.39. The van der Waals surface area contributed by atoms with Crippen LogP contribution < -0.4 is 10.9 Å². The fraction of sp³-hybridized carbons (Fsp3) is 0.100. The van der Waals surface area contributed by atoms with Crippen molar-refractivity contribution in [3.8, 4) is 0 Å². The Kier molecular flexibility index (Phi) is 5.60.